The number of likely N-dealkylation sites (tertiary alicyclic amines) is 2. The second kappa shape index (κ2) is 10.9. The number of rotatable bonds is 6. The van der Waals surface area contributed by atoms with Crippen molar-refractivity contribution in [3.8, 4) is 0 Å². The number of halogens is 4. The second-order valence-electron chi connectivity index (χ2n) is 9.65. The van der Waals surface area contributed by atoms with Crippen molar-refractivity contribution < 1.29 is 36.7 Å². The average molecular weight is 550 g/mol. The van der Waals surface area contributed by atoms with Crippen molar-refractivity contribution in [1.29, 1.82) is 0 Å². The molecule has 5 amide bonds. The van der Waals surface area contributed by atoms with Crippen molar-refractivity contribution in [3.63, 3.8) is 0 Å². The standard InChI is InChI=1S/C26H27F4N5O4/c1-14-7-18(4-6-20(14)27)33-23(37)15-3-5-21(28)19(8-15)26(29,30)24(38)35-12-16-10-34(11-17(16)13-35)22(36)9-32-25(39)31-2/h3-8,16-17H,9-13H2,1-2H3,(H,33,37)(H2,31,32,39). The maximum atomic E-state index is 15.3. The summed E-state index contributed by atoms with van der Waals surface area (Å²) in [5.41, 5.74) is -1.07. The van der Waals surface area contributed by atoms with Crippen molar-refractivity contribution in [3.05, 3.63) is 64.7 Å². The zero-order valence-electron chi connectivity index (χ0n) is 21.2. The van der Waals surface area contributed by atoms with Crippen LogP contribution in [0.3, 0.4) is 0 Å². The van der Waals surface area contributed by atoms with E-state index in [4.69, 9.17) is 0 Å². The number of urea groups is 1. The zero-order valence-corrected chi connectivity index (χ0v) is 21.2. The molecular formula is C26H27F4N5O4. The van der Waals surface area contributed by atoms with E-state index in [2.05, 4.69) is 16.0 Å². The van der Waals surface area contributed by atoms with Crippen LogP contribution in [0.15, 0.2) is 36.4 Å². The van der Waals surface area contributed by atoms with E-state index >= 15 is 8.78 Å². The summed E-state index contributed by atoms with van der Waals surface area (Å²) in [4.78, 5) is 51.5. The van der Waals surface area contributed by atoms with Gasteiger partial charge in [0.05, 0.1) is 12.1 Å². The molecule has 0 bridgehead atoms. The van der Waals surface area contributed by atoms with Crippen molar-refractivity contribution in [2.45, 2.75) is 12.8 Å². The first-order valence-electron chi connectivity index (χ1n) is 12.2. The molecule has 2 aliphatic rings. The number of hydrogen-bond donors (Lipinski definition) is 3. The Balaban J connectivity index is 1.42. The van der Waals surface area contributed by atoms with E-state index in [9.17, 15) is 28.0 Å². The average Bonchev–Trinajstić information content (AvgIpc) is 3.48. The van der Waals surface area contributed by atoms with Crippen molar-refractivity contribution in [2.75, 3.05) is 45.1 Å². The number of nitrogens with one attached hydrogen (secondary N) is 3. The molecule has 39 heavy (non-hydrogen) atoms. The summed E-state index contributed by atoms with van der Waals surface area (Å²) in [5.74, 6) is -9.33. The molecule has 4 rings (SSSR count). The topological polar surface area (TPSA) is 111 Å². The summed E-state index contributed by atoms with van der Waals surface area (Å²) in [6.07, 6.45) is 0. The Morgan fingerprint density at radius 2 is 1.54 bits per heavy atom. The summed E-state index contributed by atoms with van der Waals surface area (Å²) < 4.78 is 58.6. The van der Waals surface area contributed by atoms with Crippen LogP contribution in [0.1, 0.15) is 21.5 Å². The quantitative estimate of drug-likeness (QED) is 0.481. The summed E-state index contributed by atoms with van der Waals surface area (Å²) in [6, 6.07) is 5.60. The molecule has 2 atom stereocenters. The van der Waals surface area contributed by atoms with Crippen LogP contribution in [0.5, 0.6) is 0 Å². The maximum absolute atomic E-state index is 15.3. The Morgan fingerprint density at radius 1 is 0.923 bits per heavy atom. The van der Waals surface area contributed by atoms with Gasteiger partial charge < -0.3 is 25.8 Å². The summed E-state index contributed by atoms with van der Waals surface area (Å²) in [5, 5.41) is 7.16. The molecule has 2 saturated heterocycles. The molecule has 0 aliphatic carbocycles. The van der Waals surface area contributed by atoms with Crippen LogP contribution in [0.2, 0.25) is 0 Å². The van der Waals surface area contributed by atoms with Crippen LogP contribution < -0.4 is 16.0 Å². The molecule has 0 aromatic heterocycles. The summed E-state index contributed by atoms with van der Waals surface area (Å²) >= 11 is 0. The van der Waals surface area contributed by atoms with Gasteiger partial charge in [0.1, 0.15) is 11.6 Å². The molecule has 208 valence electrons. The lowest BCUT2D eigenvalue weighted by Crippen LogP contribution is -2.45. The lowest BCUT2D eigenvalue weighted by molar-refractivity contribution is -0.158. The highest BCUT2D eigenvalue weighted by molar-refractivity contribution is 6.04. The fraction of sp³-hybridized carbons (Fsp3) is 0.385. The van der Waals surface area contributed by atoms with E-state index in [0.29, 0.717) is 12.1 Å². The predicted molar refractivity (Wildman–Crippen MR) is 132 cm³/mol. The van der Waals surface area contributed by atoms with E-state index in [0.717, 1.165) is 17.0 Å². The number of alkyl halides is 2. The molecule has 2 aliphatic heterocycles. The number of aryl methyl sites for hydroxylation is 1. The first kappa shape index (κ1) is 27.9. The number of carbonyl (C=O) groups is 4. The molecule has 9 nitrogen and oxygen atoms in total. The molecule has 0 spiro atoms. The molecule has 0 radical (unpaired) electrons. The number of nitrogens with zero attached hydrogens (tertiary/aromatic N) is 2. The van der Waals surface area contributed by atoms with E-state index in [1.165, 1.54) is 31.0 Å². The van der Waals surface area contributed by atoms with Crippen molar-refractivity contribution in [1.82, 2.24) is 20.4 Å². The smallest absolute Gasteiger partial charge is 0.341 e. The molecule has 13 heteroatoms. The van der Waals surface area contributed by atoms with Crippen LogP contribution in [0, 0.1) is 30.4 Å². The number of benzene rings is 2. The monoisotopic (exact) mass is 549 g/mol. The van der Waals surface area contributed by atoms with E-state index in [1.807, 2.05) is 0 Å². The fourth-order valence-electron chi connectivity index (χ4n) is 4.87. The number of fused-ring (bicyclic) bond motifs is 1. The third-order valence-electron chi connectivity index (χ3n) is 7.00. The Bertz CT molecular complexity index is 1310. The van der Waals surface area contributed by atoms with Gasteiger partial charge in [-0.1, -0.05) is 0 Å². The van der Waals surface area contributed by atoms with Gasteiger partial charge in [-0.3, -0.25) is 14.4 Å². The van der Waals surface area contributed by atoms with E-state index < -0.39 is 41.0 Å². The molecular weight excluding hydrogens is 522 g/mol. The highest BCUT2D eigenvalue weighted by Crippen LogP contribution is 2.38. The molecule has 2 heterocycles. The van der Waals surface area contributed by atoms with Crippen LogP contribution in [-0.4, -0.2) is 73.3 Å². The second-order valence-corrected chi connectivity index (χ2v) is 9.65. The summed E-state index contributed by atoms with van der Waals surface area (Å²) in [7, 11) is 1.41. The lowest BCUT2D eigenvalue weighted by Gasteiger charge is -2.26. The number of hydrogen-bond acceptors (Lipinski definition) is 4. The third kappa shape index (κ3) is 5.81. The Hall–Kier alpha value is -4.16. The van der Waals surface area contributed by atoms with Gasteiger partial charge in [-0.2, -0.15) is 8.78 Å². The van der Waals surface area contributed by atoms with Crippen LogP contribution in [0.25, 0.3) is 0 Å². The van der Waals surface area contributed by atoms with Crippen LogP contribution >= 0.6 is 0 Å². The van der Waals surface area contributed by atoms with Crippen molar-refractivity contribution in [2.24, 2.45) is 11.8 Å². The van der Waals surface area contributed by atoms with Gasteiger partial charge in [-0.25, -0.2) is 13.6 Å². The van der Waals surface area contributed by atoms with Gasteiger partial charge in [0.2, 0.25) is 5.91 Å². The minimum atomic E-state index is -4.25. The van der Waals surface area contributed by atoms with Crippen molar-refractivity contribution >= 4 is 29.4 Å². The SMILES string of the molecule is CNC(=O)NCC(=O)N1CC2CN(C(=O)C(F)(F)c3cc(C(=O)Nc4ccc(F)c(C)c4)ccc3F)CC2C1. The molecule has 2 aromatic rings. The van der Waals surface area contributed by atoms with Gasteiger partial charge in [0.15, 0.2) is 0 Å². The molecule has 2 aromatic carbocycles. The van der Waals surface area contributed by atoms with Crippen LogP contribution in [0.4, 0.5) is 28.0 Å². The minimum absolute atomic E-state index is 0.0442. The lowest BCUT2D eigenvalue weighted by atomic mass is 10.0. The Morgan fingerprint density at radius 3 is 2.15 bits per heavy atom. The minimum Gasteiger partial charge on any atom is -0.341 e. The highest BCUT2D eigenvalue weighted by Gasteiger charge is 2.51. The number of carbonyl (C=O) groups excluding carboxylic acids is 4. The van der Waals surface area contributed by atoms with E-state index in [-0.39, 0.29) is 67.3 Å². The Kier molecular flexibility index (Phi) is 7.79. The third-order valence-corrected chi connectivity index (χ3v) is 7.00. The molecule has 3 N–H and O–H groups in total. The fourth-order valence-corrected chi connectivity index (χ4v) is 4.87. The van der Waals surface area contributed by atoms with Gasteiger partial charge >= 0.3 is 12.0 Å². The van der Waals surface area contributed by atoms with Gasteiger partial charge in [0, 0.05) is 56.3 Å². The number of anilines is 1. The molecule has 2 unspecified atom stereocenters. The largest absolute Gasteiger partial charge is 0.352 e. The summed E-state index contributed by atoms with van der Waals surface area (Å²) in [6.45, 7) is 1.65. The first-order valence-corrected chi connectivity index (χ1v) is 12.2. The normalized spacial score (nSPS) is 18.5. The van der Waals surface area contributed by atoms with Gasteiger partial charge in [-0.05, 0) is 48.9 Å². The van der Waals surface area contributed by atoms with Gasteiger partial charge in [-0.15, -0.1) is 0 Å². The van der Waals surface area contributed by atoms with Crippen LogP contribution in [-0.2, 0) is 15.5 Å². The number of amides is 5. The highest BCUT2D eigenvalue weighted by atomic mass is 19.3. The van der Waals surface area contributed by atoms with E-state index in [1.54, 1.807) is 0 Å². The zero-order chi connectivity index (χ0) is 28.5. The first-order chi connectivity index (χ1) is 18.4. The molecule has 0 saturated carbocycles. The predicted octanol–water partition coefficient (Wildman–Crippen LogP) is 2.46. The Labute approximate surface area is 221 Å². The molecule has 2 fully saturated rings. The van der Waals surface area contributed by atoms with Gasteiger partial charge in [0.25, 0.3) is 11.8 Å². The maximum Gasteiger partial charge on any atom is 0.352 e.